The number of rotatable bonds is 5. The van der Waals surface area contributed by atoms with E-state index in [1.54, 1.807) is 20.8 Å². The van der Waals surface area contributed by atoms with Gasteiger partial charge in [-0.15, -0.1) is 0 Å². The van der Waals surface area contributed by atoms with Crippen LogP contribution in [-0.2, 0) is 19.6 Å². The molecule has 3 rings (SSSR count). The van der Waals surface area contributed by atoms with E-state index in [2.05, 4.69) is 5.32 Å². The number of ether oxygens (including phenoxy) is 2. The molecule has 9 nitrogen and oxygen atoms in total. The van der Waals surface area contributed by atoms with Gasteiger partial charge in [0.25, 0.3) is 10.0 Å². The number of amides is 1. The van der Waals surface area contributed by atoms with Crippen molar-refractivity contribution in [2.45, 2.75) is 43.8 Å². The molecule has 0 aliphatic carbocycles. The number of carbonyl (C=O) groups is 2. The third kappa shape index (κ3) is 5.47. The van der Waals surface area contributed by atoms with E-state index in [0.29, 0.717) is 0 Å². The lowest BCUT2D eigenvalue weighted by molar-refractivity contribution is -0.138. The van der Waals surface area contributed by atoms with Crippen molar-refractivity contribution in [2.75, 3.05) is 16.2 Å². The molecule has 2 N–H and O–H groups in total. The van der Waals surface area contributed by atoms with Gasteiger partial charge in [0.2, 0.25) is 0 Å². The molecule has 0 unspecified atom stereocenters. The quantitative estimate of drug-likeness (QED) is 0.690. The second-order valence-electron chi connectivity index (χ2n) is 8.14. The van der Waals surface area contributed by atoms with Crippen molar-refractivity contribution < 1.29 is 37.0 Å². The van der Waals surface area contributed by atoms with Crippen molar-refractivity contribution in [3.05, 3.63) is 48.3 Å². The summed E-state index contributed by atoms with van der Waals surface area (Å²) in [6.07, 6.45) is -2.10. The van der Waals surface area contributed by atoms with E-state index in [1.807, 2.05) is 0 Å². The molecule has 0 fully saturated rings. The fourth-order valence-corrected chi connectivity index (χ4v) is 4.57. The van der Waals surface area contributed by atoms with Crippen molar-refractivity contribution in [3.63, 3.8) is 0 Å². The van der Waals surface area contributed by atoms with Crippen molar-refractivity contribution in [1.29, 1.82) is 0 Å². The van der Waals surface area contributed by atoms with Crippen LogP contribution in [0.3, 0.4) is 0 Å². The standard InChI is InChI=1S/C21H23FN2O7S/c1-21(2,3)31-20(27)23-14-6-9-18-17(10-14)24(12-15(30-18)11-19(25)26)32(28,29)16-7-4-13(22)5-8-16/h4-10,15H,11-12H2,1-3H3,(H,23,27)(H,25,26)/t15-/m0/s1. The molecule has 0 saturated carbocycles. The Morgan fingerprint density at radius 2 is 1.88 bits per heavy atom. The number of nitrogens with one attached hydrogen (secondary N) is 1. The number of carbonyl (C=O) groups excluding carboxylic acids is 1. The minimum atomic E-state index is -4.19. The Morgan fingerprint density at radius 1 is 1.22 bits per heavy atom. The Hall–Kier alpha value is -3.34. The van der Waals surface area contributed by atoms with E-state index >= 15 is 0 Å². The molecule has 1 aliphatic rings. The van der Waals surface area contributed by atoms with Crippen LogP contribution >= 0.6 is 0 Å². The summed E-state index contributed by atoms with van der Waals surface area (Å²) in [7, 11) is -4.19. The number of benzene rings is 2. The molecule has 0 saturated heterocycles. The lowest BCUT2D eigenvalue weighted by atomic mass is 10.1. The smallest absolute Gasteiger partial charge is 0.412 e. The van der Waals surface area contributed by atoms with Crippen LogP contribution in [0.4, 0.5) is 20.6 Å². The van der Waals surface area contributed by atoms with Gasteiger partial charge in [-0.1, -0.05) is 0 Å². The van der Waals surface area contributed by atoms with Crippen LogP contribution in [0.25, 0.3) is 0 Å². The lowest BCUT2D eigenvalue weighted by Gasteiger charge is -2.35. The summed E-state index contributed by atoms with van der Waals surface area (Å²) in [5.41, 5.74) is -0.384. The molecule has 1 heterocycles. The first kappa shape index (κ1) is 23.3. The van der Waals surface area contributed by atoms with Gasteiger partial charge in [0.1, 0.15) is 23.3 Å². The number of hydrogen-bond donors (Lipinski definition) is 2. The SMILES string of the molecule is CC(C)(C)OC(=O)Nc1ccc2c(c1)N(S(=O)(=O)c1ccc(F)cc1)C[C@H](CC(=O)O)O2. The molecular weight excluding hydrogens is 443 g/mol. The number of sulfonamides is 1. The van der Waals surface area contributed by atoms with E-state index < -0.39 is 46.0 Å². The molecule has 0 bridgehead atoms. The number of anilines is 2. The van der Waals surface area contributed by atoms with Gasteiger partial charge in [-0.05, 0) is 63.2 Å². The second kappa shape index (κ2) is 8.65. The molecule has 0 spiro atoms. The normalized spacial score (nSPS) is 16.0. The summed E-state index contributed by atoms with van der Waals surface area (Å²) < 4.78 is 51.8. The first-order valence-corrected chi connectivity index (χ1v) is 11.1. The monoisotopic (exact) mass is 466 g/mol. The summed E-state index contributed by atoms with van der Waals surface area (Å²) in [5.74, 6) is -1.62. The highest BCUT2D eigenvalue weighted by atomic mass is 32.2. The molecule has 11 heteroatoms. The summed E-state index contributed by atoms with van der Waals surface area (Å²) in [4.78, 5) is 23.1. The van der Waals surface area contributed by atoms with Crippen LogP contribution in [0.2, 0.25) is 0 Å². The molecule has 1 amide bonds. The molecule has 172 valence electrons. The third-order valence-corrected chi connectivity index (χ3v) is 6.13. The summed E-state index contributed by atoms with van der Waals surface area (Å²) in [5, 5.41) is 11.7. The van der Waals surface area contributed by atoms with E-state index in [4.69, 9.17) is 14.6 Å². The van der Waals surface area contributed by atoms with Crippen LogP contribution in [0.5, 0.6) is 5.75 Å². The van der Waals surface area contributed by atoms with Crippen LogP contribution in [0.15, 0.2) is 47.4 Å². The minimum absolute atomic E-state index is 0.101. The topological polar surface area (TPSA) is 122 Å². The molecule has 1 aliphatic heterocycles. The lowest BCUT2D eigenvalue weighted by Crippen LogP contribution is -2.44. The Kier molecular flexibility index (Phi) is 6.31. The summed E-state index contributed by atoms with van der Waals surface area (Å²) >= 11 is 0. The van der Waals surface area contributed by atoms with E-state index in [9.17, 15) is 22.4 Å². The van der Waals surface area contributed by atoms with E-state index in [-0.39, 0.29) is 28.6 Å². The number of aliphatic carboxylic acids is 1. The van der Waals surface area contributed by atoms with Gasteiger partial charge in [0.05, 0.1) is 23.5 Å². The highest BCUT2D eigenvalue weighted by Crippen LogP contribution is 2.39. The summed E-state index contributed by atoms with van der Waals surface area (Å²) in [6.45, 7) is 4.82. The zero-order chi connectivity index (χ0) is 23.7. The van der Waals surface area contributed by atoms with Crippen LogP contribution in [0, 0.1) is 5.82 Å². The van der Waals surface area contributed by atoms with Gasteiger partial charge in [0.15, 0.2) is 0 Å². The van der Waals surface area contributed by atoms with Crippen molar-refractivity contribution >= 4 is 33.5 Å². The van der Waals surface area contributed by atoms with Gasteiger partial charge < -0.3 is 14.6 Å². The molecule has 0 radical (unpaired) electrons. The van der Waals surface area contributed by atoms with E-state index in [0.717, 1.165) is 28.6 Å². The van der Waals surface area contributed by atoms with Crippen LogP contribution in [0.1, 0.15) is 27.2 Å². The Bertz CT molecular complexity index is 1130. The number of hydrogen-bond acceptors (Lipinski definition) is 6. The molecule has 1 atom stereocenters. The number of halogens is 1. The van der Waals surface area contributed by atoms with Crippen molar-refractivity contribution in [3.8, 4) is 5.75 Å². The molecular formula is C21H23FN2O7S. The number of carboxylic acid groups (broad SMARTS) is 1. The maximum Gasteiger partial charge on any atom is 0.412 e. The van der Waals surface area contributed by atoms with E-state index in [1.165, 1.54) is 18.2 Å². The Labute approximate surface area is 184 Å². The van der Waals surface area contributed by atoms with Crippen LogP contribution in [-0.4, -0.2) is 43.8 Å². The first-order valence-electron chi connectivity index (χ1n) is 9.66. The fraction of sp³-hybridized carbons (Fsp3) is 0.333. The third-order valence-electron chi connectivity index (χ3n) is 4.34. The van der Waals surface area contributed by atoms with Gasteiger partial charge >= 0.3 is 12.1 Å². The largest absolute Gasteiger partial charge is 0.486 e. The number of nitrogens with zero attached hydrogens (tertiary/aromatic N) is 1. The van der Waals surface area contributed by atoms with Gasteiger partial charge in [-0.3, -0.25) is 14.4 Å². The predicted molar refractivity (Wildman–Crippen MR) is 114 cm³/mol. The fourth-order valence-electron chi connectivity index (χ4n) is 3.07. The molecule has 2 aromatic carbocycles. The second-order valence-corrected chi connectivity index (χ2v) is 10.00. The van der Waals surface area contributed by atoms with Gasteiger partial charge in [-0.2, -0.15) is 0 Å². The van der Waals surface area contributed by atoms with Gasteiger partial charge in [-0.25, -0.2) is 17.6 Å². The zero-order valence-electron chi connectivity index (χ0n) is 17.7. The van der Waals surface area contributed by atoms with Gasteiger partial charge in [0, 0.05) is 5.69 Å². The summed E-state index contributed by atoms with van der Waals surface area (Å²) in [6, 6.07) is 8.58. The zero-order valence-corrected chi connectivity index (χ0v) is 18.5. The van der Waals surface area contributed by atoms with Crippen LogP contribution < -0.4 is 14.4 Å². The molecule has 32 heavy (non-hydrogen) atoms. The molecule has 0 aromatic heterocycles. The average molecular weight is 466 g/mol. The number of fused-ring (bicyclic) bond motifs is 1. The Balaban J connectivity index is 2.00. The van der Waals surface area contributed by atoms with Crippen molar-refractivity contribution in [2.24, 2.45) is 0 Å². The maximum atomic E-state index is 13.3. The highest BCUT2D eigenvalue weighted by Gasteiger charge is 2.36. The first-order chi connectivity index (χ1) is 14.8. The Morgan fingerprint density at radius 3 is 2.47 bits per heavy atom. The average Bonchev–Trinajstić information content (AvgIpc) is 2.66. The minimum Gasteiger partial charge on any atom is -0.486 e. The predicted octanol–water partition coefficient (Wildman–Crippen LogP) is 3.60. The van der Waals surface area contributed by atoms with Crippen molar-refractivity contribution in [1.82, 2.24) is 0 Å². The number of carboxylic acids is 1. The maximum absolute atomic E-state index is 13.3. The highest BCUT2D eigenvalue weighted by molar-refractivity contribution is 7.92. The molecule has 2 aromatic rings.